The molecule has 170 valence electrons. The van der Waals surface area contributed by atoms with Crippen molar-refractivity contribution in [1.29, 1.82) is 5.26 Å². The van der Waals surface area contributed by atoms with Crippen LogP contribution in [0.4, 0.5) is 11.6 Å². The Morgan fingerprint density at radius 3 is 2.67 bits per heavy atom. The molecule has 0 aliphatic carbocycles. The largest absolute Gasteiger partial charge is 0.478 e. The standard InChI is InChI=1S/C24H25N5O4/c1-14-10-17(15(2)26-20-5-4-16(13-25)12-18(20)23(31)32)21-19(11-14)22(30)28(3)24(27-21)29-6-8-33-9-7-29/h4-5,10-12,15,26H,6-9H2,1-3H3,(H,31,32). The van der Waals surface area contributed by atoms with Crippen molar-refractivity contribution in [1.82, 2.24) is 9.55 Å². The Kier molecular flexibility index (Phi) is 6.03. The van der Waals surface area contributed by atoms with E-state index in [9.17, 15) is 14.7 Å². The molecule has 1 saturated heterocycles. The Labute approximate surface area is 190 Å². The minimum Gasteiger partial charge on any atom is -0.478 e. The first-order valence-electron chi connectivity index (χ1n) is 10.7. The van der Waals surface area contributed by atoms with E-state index in [1.165, 1.54) is 6.07 Å². The fraction of sp³-hybridized carbons (Fsp3) is 0.333. The van der Waals surface area contributed by atoms with Crippen LogP contribution >= 0.6 is 0 Å². The number of morpholine rings is 1. The first-order chi connectivity index (χ1) is 15.8. The van der Waals surface area contributed by atoms with Gasteiger partial charge in [-0.3, -0.25) is 9.36 Å². The average Bonchev–Trinajstić information content (AvgIpc) is 2.81. The molecular weight excluding hydrogens is 422 g/mol. The number of carboxylic acids is 1. The minimum atomic E-state index is -1.13. The molecule has 0 bridgehead atoms. The maximum Gasteiger partial charge on any atom is 0.337 e. The molecule has 33 heavy (non-hydrogen) atoms. The number of fused-ring (bicyclic) bond motifs is 1. The summed E-state index contributed by atoms with van der Waals surface area (Å²) in [6.07, 6.45) is 0. The average molecular weight is 447 g/mol. The van der Waals surface area contributed by atoms with E-state index in [1.54, 1.807) is 23.7 Å². The van der Waals surface area contributed by atoms with Crippen molar-refractivity contribution in [2.75, 3.05) is 36.5 Å². The number of hydrogen-bond donors (Lipinski definition) is 2. The zero-order valence-electron chi connectivity index (χ0n) is 18.8. The summed E-state index contributed by atoms with van der Waals surface area (Å²) in [6, 6.07) is 9.90. The smallest absolute Gasteiger partial charge is 0.337 e. The van der Waals surface area contributed by atoms with Gasteiger partial charge in [0.2, 0.25) is 5.95 Å². The Hall–Kier alpha value is -3.90. The van der Waals surface area contributed by atoms with E-state index < -0.39 is 5.97 Å². The number of nitrogens with one attached hydrogen (secondary N) is 1. The number of ether oxygens (including phenoxy) is 1. The van der Waals surface area contributed by atoms with Gasteiger partial charge in [0.25, 0.3) is 5.56 Å². The molecule has 1 aromatic heterocycles. The highest BCUT2D eigenvalue weighted by Gasteiger charge is 2.22. The molecule has 2 aromatic carbocycles. The number of hydrogen-bond acceptors (Lipinski definition) is 7. The predicted molar refractivity (Wildman–Crippen MR) is 125 cm³/mol. The molecule has 1 fully saturated rings. The van der Waals surface area contributed by atoms with Gasteiger partial charge in [0.05, 0.1) is 47.4 Å². The number of nitrogens with zero attached hydrogens (tertiary/aromatic N) is 4. The normalized spacial score (nSPS) is 14.7. The molecule has 9 nitrogen and oxygen atoms in total. The zero-order chi connectivity index (χ0) is 23.7. The SMILES string of the molecule is Cc1cc(C(C)Nc2ccc(C#N)cc2C(=O)O)c2nc(N3CCOCC3)n(C)c(=O)c2c1. The van der Waals surface area contributed by atoms with Crippen LogP contribution in [-0.2, 0) is 11.8 Å². The Morgan fingerprint density at radius 1 is 1.27 bits per heavy atom. The van der Waals surface area contributed by atoms with Crippen molar-refractivity contribution in [3.8, 4) is 6.07 Å². The quantitative estimate of drug-likeness (QED) is 0.613. The number of aryl methyl sites for hydroxylation is 1. The summed E-state index contributed by atoms with van der Waals surface area (Å²) in [7, 11) is 1.72. The predicted octanol–water partition coefficient (Wildman–Crippen LogP) is 2.82. The third-order valence-corrected chi connectivity index (χ3v) is 5.84. The topological polar surface area (TPSA) is 120 Å². The zero-order valence-corrected chi connectivity index (χ0v) is 18.8. The van der Waals surface area contributed by atoms with Gasteiger partial charge in [0.1, 0.15) is 0 Å². The van der Waals surface area contributed by atoms with Crippen LogP contribution in [0.3, 0.4) is 0 Å². The monoisotopic (exact) mass is 447 g/mol. The fourth-order valence-corrected chi connectivity index (χ4v) is 4.15. The number of benzene rings is 2. The molecule has 0 spiro atoms. The van der Waals surface area contributed by atoms with Gasteiger partial charge in [-0.05, 0) is 43.7 Å². The summed E-state index contributed by atoms with van der Waals surface area (Å²) in [4.78, 5) is 31.9. The number of rotatable bonds is 5. The van der Waals surface area contributed by atoms with Gasteiger partial charge in [0, 0.05) is 31.4 Å². The van der Waals surface area contributed by atoms with Crippen LogP contribution in [0.15, 0.2) is 35.1 Å². The Bertz CT molecular complexity index is 1340. The number of anilines is 2. The lowest BCUT2D eigenvalue weighted by atomic mass is 10.00. The van der Waals surface area contributed by atoms with Crippen LogP contribution < -0.4 is 15.8 Å². The number of carboxylic acid groups (broad SMARTS) is 1. The van der Waals surface area contributed by atoms with Crippen molar-refractivity contribution in [2.24, 2.45) is 7.05 Å². The number of nitriles is 1. The summed E-state index contributed by atoms with van der Waals surface area (Å²) < 4.78 is 7.00. The van der Waals surface area contributed by atoms with E-state index in [1.807, 2.05) is 36.9 Å². The van der Waals surface area contributed by atoms with Crippen molar-refractivity contribution in [3.05, 3.63) is 62.9 Å². The molecule has 0 amide bonds. The molecule has 1 unspecified atom stereocenters. The van der Waals surface area contributed by atoms with Crippen molar-refractivity contribution < 1.29 is 14.6 Å². The minimum absolute atomic E-state index is 0.00994. The van der Waals surface area contributed by atoms with Gasteiger partial charge >= 0.3 is 5.97 Å². The molecule has 0 saturated carbocycles. The van der Waals surface area contributed by atoms with Crippen LogP contribution in [-0.4, -0.2) is 46.9 Å². The van der Waals surface area contributed by atoms with Crippen molar-refractivity contribution in [3.63, 3.8) is 0 Å². The van der Waals surface area contributed by atoms with Crippen LogP contribution in [0.1, 0.15) is 40.0 Å². The van der Waals surface area contributed by atoms with Crippen LogP contribution in [0.2, 0.25) is 0 Å². The Balaban J connectivity index is 1.82. The van der Waals surface area contributed by atoms with E-state index in [0.29, 0.717) is 48.8 Å². The van der Waals surface area contributed by atoms with E-state index in [4.69, 9.17) is 15.0 Å². The molecule has 1 aliphatic heterocycles. The van der Waals surface area contributed by atoms with Gasteiger partial charge in [-0.15, -0.1) is 0 Å². The lowest BCUT2D eigenvalue weighted by molar-refractivity contribution is 0.0698. The molecule has 3 aromatic rings. The van der Waals surface area contributed by atoms with Gasteiger partial charge in [-0.2, -0.15) is 5.26 Å². The molecule has 9 heteroatoms. The van der Waals surface area contributed by atoms with Gasteiger partial charge in [-0.25, -0.2) is 9.78 Å². The third kappa shape index (κ3) is 4.25. The second-order valence-electron chi connectivity index (χ2n) is 8.17. The molecule has 4 rings (SSSR count). The van der Waals surface area contributed by atoms with Crippen LogP contribution in [0, 0.1) is 18.3 Å². The molecular formula is C24H25N5O4. The summed E-state index contributed by atoms with van der Waals surface area (Å²) in [6.45, 7) is 6.25. The van der Waals surface area contributed by atoms with E-state index in [0.717, 1.165) is 11.1 Å². The number of carbonyl (C=O) groups is 1. The van der Waals surface area contributed by atoms with E-state index >= 15 is 0 Å². The summed E-state index contributed by atoms with van der Waals surface area (Å²) in [5, 5.41) is 22.5. The summed E-state index contributed by atoms with van der Waals surface area (Å²) >= 11 is 0. The second-order valence-corrected chi connectivity index (χ2v) is 8.17. The number of aromatic nitrogens is 2. The lowest BCUT2D eigenvalue weighted by Crippen LogP contribution is -2.40. The highest BCUT2D eigenvalue weighted by molar-refractivity contribution is 5.95. The molecule has 1 aliphatic rings. The number of aromatic carboxylic acids is 1. The highest BCUT2D eigenvalue weighted by atomic mass is 16.5. The van der Waals surface area contributed by atoms with Crippen molar-refractivity contribution >= 4 is 28.5 Å². The van der Waals surface area contributed by atoms with Gasteiger partial charge in [0.15, 0.2) is 0 Å². The lowest BCUT2D eigenvalue weighted by Gasteiger charge is -2.29. The summed E-state index contributed by atoms with van der Waals surface area (Å²) in [5.41, 5.74) is 2.81. The maximum atomic E-state index is 13.2. The van der Waals surface area contributed by atoms with Crippen LogP contribution in [0.25, 0.3) is 10.9 Å². The molecule has 0 radical (unpaired) electrons. The van der Waals surface area contributed by atoms with Crippen molar-refractivity contribution in [2.45, 2.75) is 19.9 Å². The molecule has 2 heterocycles. The second kappa shape index (κ2) is 8.92. The fourth-order valence-electron chi connectivity index (χ4n) is 4.15. The maximum absolute atomic E-state index is 13.2. The third-order valence-electron chi connectivity index (χ3n) is 5.84. The molecule has 2 N–H and O–H groups in total. The van der Waals surface area contributed by atoms with Gasteiger partial charge in [-0.1, -0.05) is 6.07 Å². The molecule has 1 atom stereocenters. The summed E-state index contributed by atoms with van der Waals surface area (Å²) in [5.74, 6) is -0.546. The highest BCUT2D eigenvalue weighted by Crippen LogP contribution is 2.29. The van der Waals surface area contributed by atoms with E-state index in [-0.39, 0.29) is 22.7 Å². The van der Waals surface area contributed by atoms with E-state index in [2.05, 4.69) is 5.32 Å². The Morgan fingerprint density at radius 2 is 2.00 bits per heavy atom. The first kappa shape index (κ1) is 22.3. The van der Waals surface area contributed by atoms with Crippen LogP contribution in [0.5, 0.6) is 0 Å². The first-order valence-corrected chi connectivity index (χ1v) is 10.7. The van der Waals surface area contributed by atoms with Gasteiger partial charge < -0.3 is 20.1 Å².